The van der Waals surface area contributed by atoms with Crippen LogP contribution >= 0.6 is 36.4 Å². The van der Waals surface area contributed by atoms with Crippen molar-refractivity contribution in [1.82, 2.24) is 9.97 Å². The first-order chi connectivity index (χ1) is 15.0. The number of aliphatic imine (C=N–C) groups is 1. The molecule has 2 aromatic carbocycles. The van der Waals surface area contributed by atoms with Crippen LogP contribution in [0, 0.1) is 0 Å². The van der Waals surface area contributed by atoms with Crippen LogP contribution < -0.4 is 21.5 Å². The Balaban J connectivity index is 0.00000193. The van der Waals surface area contributed by atoms with Crippen LogP contribution in [0.5, 0.6) is 5.75 Å². The number of halogens is 3. The van der Waals surface area contributed by atoms with Gasteiger partial charge in [0.25, 0.3) is 0 Å². The molecular weight excluding hydrogens is 483 g/mol. The van der Waals surface area contributed by atoms with E-state index < -0.39 is 0 Å². The lowest BCUT2D eigenvalue weighted by atomic mass is 10.1. The van der Waals surface area contributed by atoms with Crippen LogP contribution in [0.1, 0.15) is 30.7 Å². The van der Waals surface area contributed by atoms with Gasteiger partial charge in [0.1, 0.15) is 11.6 Å². The van der Waals surface area contributed by atoms with E-state index in [0.717, 1.165) is 47.3 Å². The molecule has 1 aliphatic carbocycles. The number of hydrogen-bond acceptors (Lipinski definition) is 5. The van der Waals surface area contributed by atoms with E-state index in [-0.39, 0.29) is 42.9 Å². The summed E-state index contributed by atoms with van der Waals surface area (Å²) in [4.78, 5) is 13.9. The monoisotopic (exact) mass is 508 g/mol. The maximum absolute atomic E-state index is 5.97. The van der Waals surface area contributed by atoms with Crippen molar-refractivity contribution in [1.29, 1.82) is 0 Å². The van der Waals surface area contributed by atoms with Gasteiger partial charge in [0.15, 0.2) is 11.8 Å². The van der Waals surface area contributed by atoms with Gasteiger partial charge in [-0.2, -0.15) is 0 Å². The minimum atomic E-state index is 0. The minimum Gasteiger partial charge on any atom is -0.497 e. The van der Waals surface area contributed by atoms with Gasteiger partial charge >= 0.3 is 0 Å². The van der Waals surface area contributed by atoms with E-state index in [9.17, 15) is 0 Å². The van der Waals surface area contributed by atoms with Crippen molar-refractivity contribution in [3.63, 3.8) is 0 Å². The average Bonchev–Trinajstić information content (AvgIpc) is 3.19. The molecule has 5 N–H and O–H groups in total. The number of hydrogen-bond donors (Lipinski definition) is 3. The van der Waals surface area contributed by atoms with Crippen molar-refractivity contribution >= 4 is 71.2 Å². The molecule has 1 aromatic heterocycles. The number of nitrogens with one attached hydrogen (secondary N) is 1. The standard InChI is InChI=1S/C23H25ClN6O.2ClH/c1-31-16-10-11-18-17(13-16)22(28-19-3-2-4-20(19)29-23(25)26)30-21(27-18)12-7-14-5-8-15(24)9-6-14;;/h5-13,19-20H,2-4H2,1H3,(H4,25,26,29)(H,27,28,30);2*1H/t19-,20+;;/m0../s1. The number of methoxy groups -OCH3 is 1. The Morgan fingerprint density at radius 3 is 2.55 bits per heavy atom. The number of ether oxygens (including phenoxy) is 1. The van der Waals surface area contributed by atoms with E-state index in [4.69, 9.17) is 37.8 Å². The molecule has 0 radical (unpaired) electrons. The number of fused-ring (bicyclic) bond motifs is 1. The Hall–Kier alpha value is -2.74. The van der Waals surface area contributed by atoms with E-state index in [0.29, 0.717) is 10.8 Å². The first-order valence-corrected chi connectivity index (χ1v) is 10.5. The molecule has 4 rings (SSSR count). The summed E-state index contributed by atoms with van der Waals surface area (Å²) in [7, 11) is 1.64. The van der Waals surface area contributed by atoms with Gasteiger partial charge in [-0.05, 0) is 61.2 Å². The van der Waals surface area contributed by atoms with Crippen LogP contribution in [0.4, 0.5) is 5.82 Å². The van der Waals surface area contributed by atoms with Crippen molar-refractivity contribution in [3.05, 3.63) is 58.9 Å². The molecule has 10 heteroatoms. The van der Waals surface area contributed by atoms with E-state index in [1.165, 1.54) is 0 Å². The van der Waals surface area contributed by atoms with Gasteiger partial charge in [-0.25, -0.2) is 15.0 Å². The molecule has 1 heterocycles. The van der Waals surface area contributed by atoms with Crippen LogP contribution in [0.15, 0.2) is 47.5 Å². The second-order valence-electron chi connectivity index (χ2n) is 7.50. The largest absolute Gasteiger partial charge is 0.497 e. The maximum Gasteiger partial charge on any atom is 0.186 e. The van der Waals surface area contributed by atoms with E-state index >= 15 is 0 Å². The fraction of sp³-hybridized carbons (Fsp3) is 0.261. The third-order valence-electron chi connectivity index (χ3n) is 5.33. The summed E-state index contributed by atoms with van der Waals surface area (Å²) in [5.41, 5.74) is 13.1. The quantitative estimate of drug-likeness (QED) is 0.321. The second-order valence-corrected chi connectivity index (χ2v) is 7.94. The minimum absolute atomic E-state index is 0. The Labute approximate surface area is 210 Å². The topological polar surface area (TPSA) is 111 Å². The van der Waals surface area contributed by atoms with Crippen LogP contribution in [0.2, 0.25) is 5.02 Å². The Morgan fingerprint density at radius 1 is 1.09 bits per heavy atom. The molecule has 176 valence electrons. The molecule has 2 atom stereocenters. The lowest BCUT2D eigenvalue weighted by Crippen LogP contribution is -2.32. The summed E-state index contributed by atoms with van der Waals surface area (Å²) >= 11 is 5.97. The lowest BCUT2D eigenvalue weighted by Gasteiger charge is -2.20. The Bertz CT molecular complexity index is 1130. The molecule has 1 fully saturated rings. The van der Waals surface area contributed by atoms with Crippen molar-refractivity contribution in [3.8, 4) is 5.75 Å². The average molecular weight is 510 g/mol. The highest BCUT2D eigenvalue weighted by molar-refractivity contribution is 6.30. The molecule has 0 amide bonds. The molecule has 0 unspecified atom stereocenters. The summed E-state index contributed by atoms with van der Waals surface area (Å²) < 4.78 is 5.40. The summed E-state index contributed by atoms with van der Waals surface area (Å²) in [6.07, 6.45) is 6.80. The summed E-state index contributed by atoms with van der Waals surface area (Å²) in [6, 6.07) is 13.5. The molecule has 3 aromatic rings. The van der Waals surface area contributed by atoms with Gasteiger partial charge < -0.3 is 21.5 Å². The molecule has 0 bridgehead atoms. The predicted octanol–water partition coefficient (Wildman–Crippen LogP) is 4.91. The van der Waals surface area contributed by atoms with Gasteiger partial charge in [0.05, 0.1) is 24.7 Å². The molecule has 0 spiro atoms. The number of anilines is 1. The summed E-state index contributed by atoms with van der Waals surface area (Å²) in [5.74, 6) is 2.20. The van der Waals surface area contributed by atoms with Crippen molar-refractivity contribution in [2.75, 3.05) is 12.4 Å². The summed E-state index contributed by atoms with van der Waals surface area (Å²) in [5, 5.41) is 5.15. The molecule has 33 heavy (non-hydrogen) atoms. The number of guanidine groups is 1. The SMILES string of the molecule is COc1ccc2nc(C=Cc3ccc(Cl)cc3)nc(N[C@H]3CCC[C@H]3N=C(N)N)c2c1.Cl.Cl. The summed E-state index contributed by atoms with van der Waals surface area (Å²) in [6.45, 7) is 0. The first-order valence-electron chi connectivity index (χ1n) is 10.2. The number of nitrogens with zero attached hydrogens (tertiary/aromatic N) is 3. The van der Waals surface area contributed by atoms with Gasteiger partial charge in [-0.1, -0.05) is 29.8 Å². The zero-order valence-corrected chi connectivity index (χ0v) is 20.5. The molecule has 0 aliphatic heterocycles. The van der Waals surface area contributed by atoms with E-state index in [1.54, 1.807) is 7.11 Å². The van der Waals surface area contributed by atoms with E-state index in [2.05, 4.69) is 10.3 Å². The van der Waals surface area contributed by atoms with Gasteiger partial charge in [-0.3, -0.25) is 0 Å². The molecule has 1 saturated carbocycles. The third kappa shape index (κ3) is 6.63. The highest BCUT2D eigenvalue weighted by Crippen LogP contribution is 2.30. The van der Waals surface area contributed by atoms with Gasteiger partial charge in [0, 0.05) is 10.4 Å². The van der Waals surface area contributed by atoms with Crippen LogP contribution in [0.25, 0.3) is 23.1 Å². The van der Waals surface area contributed by atoms with Crippen molar-refractivity contribution < 1.29 is 4.74 Å². The molecule has 1 aliphatic rings. The van der Waals surface area contributed by atoms with Crippen LogP contribution in [-0.2, 0) is 0 Å². The molecular formula is C23H27Cl3N6O. The highest BCUT2D eigenvalue weighted by atomic mass is 35.5. The third-order valence-corrected chi connectivity index (χ3v) is 5.58. The van der Waals surface area contributed by atoms with Crippen LogP contribution in [0.3, 0.4) is 0 Å². The normalized spacial score (nSPS) is 17.3. The lowest BCUT2D eigenvalue weighted by molar-refractivity contribution is 0.415. The number of benzene rings is 2. The number of aromatic nitrogens is 2. The van der Waals surface area contributed by atoms with E-state index in [1.807, 2.05) is 54.6 Å². The predicted molar refractivity (Wildman–Crippen MR) is 142 cm³/mol. The first kappa shape index (κ1) is 26.5. The second kappa shape index (κ2) is 11.9. The zero-order chi connectivity index (χ0) is 21.8. The van der Waals surface area contributed by atoms with Gasteiger partial charge in [0.2, 0.25) is 0 Å². The van der Waals surface area contributed by atoms with Crippen LogP contribution in [-0.4, -0.2) is 35.1 Å². The maximum atomic E-state index is 5.97. The molecule has 0 saturated heterocycles. The smallest absolute Gasteiger partial charge is 0.186 e. The zero-order valence-electron chi connectivity index (χ0n) is 18.1. The molecule has 7 nitrogen and oxygen atoms in total. The van der Waals surface area contributed by atoms with Crippen molar-refractivity contribution in [2.24, 2.45) is 16.5 Å². The fourth-order valence-corrected chi connectivity index (χ4v) is 3.94. The Kier molecular flexibility index (Phi) is 9.58. The number of rotatable bonds is 6. The van der Waals surface area contributed by atoms with Gasteiger partial charge in [-0.15, -0.1) is 24.8 Å². The number of nitrogens with two attached hydrogens (primary N) is 2. The van der Waals surface area contributed by atoms with Crippen molar-refractivity contribution in [2.45, 2.75) is 31.3 Å². The fourth-order valence-electron chi connectivity index (χ4n) is 3.81. The Morgan fingerprint density at radius 2 is 1.85 bits per heavy atom. The highest BCUT2D eigenvalue weighted by Gasteiger charge is 2.28.